The zero-order valence-corrected chi connectivity index (χ0v) is 19.5. The molecule has 1 saturated carbocycles. The molecule has 34 heavy (non-hydrogen) atoms. The summed E-state index contributed by atoms with van der Waals surface area (Å²) in [6.07, 6.45) is -3.08. The van der Waals surface area contributed by atoms with Crippen LogP contribution in [0.2, 0.25) is 0 Å². The smallest absolute Gasteiger partial charge is 0.146 e. The molecule has 0 amide bonds. The van der Waals surface area contributed by atoms with Crippen LogP contribution in [0.3, 0.4) is 0 Å². The van der Waals surface area contributed by atoms with Crippen LogP contribution in [0.25, 0.3) is 0 Å². The molecule has 5 nitrogen and oxygen atoms in total. The van der Waals surface area contributed by atoms with Crippen LogP contribution in [-0.4, -0.2) is 38.8 Å². The second-order valence-electron chi connectivity index (χ2n) is 8.24. The molecule has 3 aromatic rings. The first-order chi connectivity index (χ1) is 17.6. The molecule has 1 aliphatic carbocycles. The van der Waals surface area contributed by atoms with Crippen molar-refractivity contribution in [1.29, 1.82) is 0 Å². The highest BCUT2D eigenvalue weighted by atomic mass is 16.7. The molecule has 0 aromatic heterocycles. The Kier molecular flexibility index (Phi) is 8.64. The Morgan fingerprint density at radius 3 is 1.74 bits per heavy atom. The Labute approximate surface area is 205 Å². The Balaban J connectivity index is 1.56. The fourth-order valence-electron chi connectivity index (χ4n) is 3.98. The van der Waals surface area contributed by atoms with Gasteiger partial charge in [0.2, 0.25) is 0 Å². The van der Waals surface area contributed by atoms with Gasteiger partial charge in [-0.3, -0.25) is 0 Å². The van der Waals surface area contributed by atoms with Crippen molar-refractivity contribution >= 4 is 0 Å². The third-order valence-electron chi connectivity index (χ3n) is 5.68. The van der Waals surface area contributed by atoms with Gasteiger partial charge in [-0.1, -0.05) is 91.0 Å². The Bertz CT molecular complexity index is 1020. The van der Waals surface area contributed by atoms with Gasteiger partial charge in [0.15, 0.2) is 0 Å². The van der Waals surface area contributed by atoms with E-state index in [1.54, 1.807) is 0 Å². The highest BCUT2D eigenvalue weighted by Gasteiger charge is 2.46. The van der Waals surface area contributed by atoms with E-state index in [4.69, 9.17) is 25.1 Å². The fourth-order valence-corrected chi connectivity index (χ4v) is 3.98. The molecule has 0 heterocycles. The van der Waals surface area contributed by atoms with Gasteiger partial charge in [0.1, 0.15) is 12.9 Å². The standard InChI is InChI=1S/C29H34O5/c1-30-22-34-27-17-26(21-31-18-23-11-5-2-6-12-23)28(32-19-24-13-7-3-8-14-24)29(27)33-20-25-15-9-4-10-16-25/h2-16,26-29H,17-22H2,1H3/t26-,27-,28-,29-/m1/s1/i17D,26D/t17-,26+,27+,28+,29+/m0. The summed E-state index contributed by atoms with van der Waals surface area (Å²) in [4.78, 5) is 0. The molecule has 0 aliphatic heterocycles. The summed E-state index contributed by atoms with van der Waals surface area (Å²) in [5.41, 5.74) is 2.98. The molecular weight excluding hydrogens is 428 g/mol. The van der Waals surface area contributed by atoms with E-state index < -0.39 is 30.6 Å². The Morgan fingerprint density at radius 2 is 1.21 bits per heavy atom. The minimum Gasteiger partial charge on any atom is -0.376 e. The molecule has 0 radical (unpaired) electrons. The topological polar surface area (TPSA) is 46.2 Å². The molecule has 0 N–H and O–H groups in total. The minimum atomic E-state index is -1.41. The van der Waals surface area contributed by atoms with Crippen molar-refractivity contribution < 1.29 is 26.4 Å². The molecule has 5 atom stereocenters. The zero-order valence-electron chi connectivity index (χ0n) is 21.5. The summed E-state index contributed by atoms with van der Waals surface area (Å²) in [7, 11) is 1.54. The molecule has 4 rings (SSSR count). The highest BCUT2D eigenvalue weighted by Crippen LogP contribution is 2.35. The van der Waals surface area contributed by atoms with Crippen molar-refractivity contribution in [2.75, 3.05) is 20.5 Å². The second kappa shape index (κ2) is 13.4. The first-order valence-electron chi connectivity index (χ1n) is 12.6. The van der Waals surface area contributed by atoms with Gasteiger partial charge >= 0.3 is 0 Å². The number of ether oxygens (including phenoxy) is 5. The first-order valence-corrected chi connectivity index (χ1v) is 11.6. The van der Waals surface area contributed by atoms with Crippen molar-refractivity contribution in [1.82, 2.24) is 0 Å². The number of rotatable bonds is 13. The minimum absolute atomic E-state index is 0.00238. The van der Waals surface area contributed by atoms with Crippen molar-refractivity contribution in [2.24, 2.45) is 5.89 Å². The van der Waals surface area contributed by atoms with Gasteiger partial charge in [0, 0.05) is 15.7 Å². The average Bonchev–Trinajstić information content (AvgIpc) is 3.12. The van der Waals surface area contributed by atoms with E-state index in [1.807, 2.05) is 91.0 Å². The van der Waals surface area contributed by atoms with E-state index in [0.29, 0.717) is 19.8 Å². The molecule has 1 fully saturated rings. The molecule has 5 heteroatoms. The van der Waals surface area contributed by atoms with Crippen LogP contribution >= 0.6 is 0 Å². The molecular formula is C29H34O5. The van der Waals surface area contributed by atoms with E-state index >= 15 is 0 Å². The van der Waals surface area contributed by atoms with E-state index in [9.17, 15) is 1.37 Å². The van der Waals surface area contributed by atoms with Crippen LogP contribution in [0, 0.1) is 5.89 Å². The molecule has 180 valence electrons. The van der Waals surface area contributed by atoms with Crippen molar-refractivity contribution in [3.8, 4) is 0 Å². The van der Waals surface area contributed by atoms with Crippen LogP contribution < -0.4 is 0 Å². The lowest BCUT2D eigenvalue weighted by atomic mass is 10.1. The predicted octanol–water partition coefficient (Wildman–Crippen LogP) is 5.38. The maximum atomic E-state index is 9.42. The van der Waals surface area contributed by atoms with E-state index in [2.05, 4.69) is 0 Å². The number of benzene rings is 3. The van der Waals surface area contributed by atoms with Gasteiger partial charge in [0.05, 0.1) is 38.6 Å². The molecule has 1 aliphatic rings. The molecule has 0 unspecified atom stereocenters. The van der Waals surface area contributed by atoms with E-state index in [-0.39, 0.29) is 13.4 Å². The molecule has 3 aromatic carbocycles. The van der Waals surface area contributed by atoms with Crippen molar-refractivity contribution in [2.45, 2.75) is 44.5 Å². The average molecular weight is 465 g/mol. The van der Waals surface area contributed by atoms with Gasteiger partial charge < -0.3 is 23.7 Å². The lowest BCUT2D eigenvalue weighted by molar-refractivity contribution is -0.151. The lowest BCUT2D eigenvalue weighted by Crippen LogP contribution is -2.38. The normalized spacial score (nSPS) is 27.3. The highest BCUT2D eigenvalue weighted by molar-refractivity contribution is 5.15. The van der Waals surface area contributed by atoms with Gasteiger partial charge in [-0.05, 0) is 23.1 Å². The lowest BCUT2D eigenvalue weighted by Gasteiger charge is -2.27. The van der Waals surface area contributed by atoms with Crippen LogP contribution in [0.15, 0.2) is 91.0 Å². The monoisotopic (exact) mass is 464 g/mol. The van der Waals surface area contributed by atoms with Gasteiger partial charge in [0.25, 0.3) is 0 Å². The van der Waals surface area contributed by atoms with Crippen LogP contribution in [0.4, 0.5) is 0 Å². The van der Waals surface area contributed by atoms with Gasteiger partial charge in [-0.2, -0.15) is 0 Å². The summed E-state index contributed by atoms with van der Waals surface area (Å²) >= 11 is 0. The summed E-state index contributed by atoms with van der Waals surface area (Å²) in [6.45, 7) is 0.959. The Hall–Kier alpha value is -2.54. The van der Waals surface area contributed by atoms with Crippen LogP contribution in [0.5, 0.6) is 0 Å². The largest absolute Gasteiger partial charge is 0.376 e. The summed E-state index contributed by atoms with van der Waals surface area (Å²) in [5, 5.41) is 0. The van der Waals surface area contributed by atoms with Crippen LogP contribution in [0.1, 0.15) is 25.8 Å². The summed E-state index contributed by atoms with van der Waals surface area (Å²) in [6, 6.07) is 29.4. The van der Waals surface area contributed by atoms with Crippen LogP contribution in [-0.2, 0) is 43.5 Å². The number of methoxy groups -OCH3 is 1. The predicted molar refractivity (Wildman–Crippen MR) is 131 cm³/mol. The van der Waals surface area contributed by atoms with E-state index in [0.717, 1.165) is 16.7 Å². The Morgan fingerprint density at radius 1 is 0.706 bits per heavy atom. The van der Waals surface area contributed by atoms with Crippen molar-refractivity contribution in [3.05, 3.63) is 108 Å². The summed E-state index contributed by atoms with van der Waals surface area (Å²) in [5.74, 6) is -1.41. The SMILES string of the molecule is [2H][C@@H]1[C@@H](OCOC)[C@@H](OCc2ccccc2)[C@H](OCc2ccccc2)[C@@]1([2H])COCc1ccccc1. The fraction of sp³-hybridized carbons (Fsp3) is 0.379. The van der Waals surface area contributed by atoms with Gasteiger partial charge in [-0.15, -0.1) is 0 Å². The second-order valence-corrected chi connectivity index (χ2v) is 8.24. The quantitative estimate of drug-likeness (QED) is 0.318. The molecule has 0 bridgehead atoms. The number of hydrogen-bond donors (Lipinski definition) is 0. The third-order valence-corrected chi connectivity index (χ3v) is 5.68. The third kappa shape index (κ3) is 7.23. The maximum Gasteiger partial charge on any atom is 0.146 e. The van der Waals surface area contributed by atoms with E-state index in [1.165, 1.54) is 7.11 Å². The first kappa shape index (κ1) is 22.0. The maximum absolute atomic E-state index is 9.42. The van der Waals surface area contributed by atoms with Gasteiger partial charge in [-0.25, -0.2) is 0 Å². The number of hydrogen-bond acceptors (Lipinski definition) is 5. The summed E-state index contributed by atoms with van der Waals surface area (Å²) < 4.78 is 48.2. The van der Waals surface area contributed by atoms with Crippen molar-refractivity contribution in [3.63, 3.8) is 0 Å². The zero-order chi connectivity index (χ0) is 25.2. The molecule has 0 spiro atoms. The molecule has 0 saturated heterocycles.